The maximum absolute atomic E-state index is 11.6. The zero-order valence-corrected chi connectivity index (χ0v) is 12.5. The van der Waals surface area contributed by atoms with Crippen molar-refractivity contribution in [1.82, 2.24) is 9.97 Å². The van der Waals surface area contributed by atoms with Gasteiger partial charge in [0.05, 0.1) is 16.3 Å². The predicted molar refractivity (Wildman–Crippen MR) is 79.0 cm³/mol. The number of ketones is 1. The SMILES string of the molecule is CSc1nc(-c2ccccc2Cl)nc(C)c1C(C)=O. The average Bonchev–Trinajstić information content (AvgIpc) is 2.37. The first kappa shape index (κ1) is 14.0. The third-order valence-electron chi connectivity index (χ3n) is 2.72. The quantitative estimate of drug-likeness (QED) is 0.487. The largest absolute Gasteiger partial charge is 0.294 e. The van der Waals surface area contributed by atoms with Crippen LogP contribution in [0.2, 0.25) is 5.02 Å². The third kappa shape index (κ3) is 2.80. The molecule has 2 aromatic rings. The van der Waals surface area contributed by atoms with Gasteiger partial charge < -0.3 is 0 Å². The molecule has 0 saturated heterocycles. The van der Waals surface area contributed by atoms with Gasteiger partial charge >= 0.3 is 0 Å². The molecule has 0 aliphatic heterocycles. The molecule has 0 aliphatic carbocycles. The van der Waals surface area contributed by atoms with Crippen LogP contribution in [0.15, 0.2) is 29.3 Å². The number of carbonyl (C=O) groups is 1. The topological polar surface area (TPSA) is 42.9 Å². The minimum Gasteiger partial charge on any atom is -0.294 e. The van der Waals surface area contributed by atoms with E-state index in [0.29, 0.717) is 27.1 Å². The van der Waals surface area contributed by atoms with Crippen LogP contribution < -0.4 is 0 Å². The Bertz CT molecular complexity index is 643. The Morgan fingerprint density at radius 2 is 1.95 bits per heavy atom. The number of halogens is 1. The van der Waals surface area contributed by atoms with Crippen LogP contribution in [0.5, 0.6) is 0 Å². The highest BCUT2D eigenvalue weighted by Gasteiger charge is 2.16. The number of Topliss-reactive ketones (excluding diaryl/α,β-unsaturated/α-hetero) is 1. The molecule has 0 amide bonds. The van der Waals surface area contributed by atoms with Crippen LogP contribution in [-0.4, -0.2) is 22.0 Å². The molecule has 0 aliphatic rings. The summed E-state index contributed by atoms with van der Waals surface area (Å²) in [5.41, 5.74) is 2.04. The van der Waals surface area contributed by atoms with Crippen molar-refractivity contribution in [2.75, 3.05) is 6.26 Å². The van der Waals surface area contributed by atoms with Crippen molar-refractivity contribution >= 4 is 29.1 Å². The van der Waals surface area contributed by atoms with E-state index in [2.05, 4.69) is 9.97 Å². The second-order valence-corrected chi connectivity index (χ2v) is 5.26. The second-order valence-electron chi connectivity index (χ2n) is 4.05. The van der Waals surface area contributed by atoms with Gasteiger partial charge in [-0.25, -0.2) is 9.97 Å². The number of hydrogen-bond donors (Lipinski definition) is 0. The molecule has 0 unspecified atom stereocenters. The molecule has 19 heavy (non-hydrogen) atoms. The summed E-state index contributed by atoms with van der Waals surface area (Å²) in [6, 6.07) is 7.41. The summed E-state index contributed by atoms with van der Waals surface area (Å²) in [4.78, 5) is 20.5. The van der Waals surface area contributed by atoms with Gasteiger partial charge in [-0.2, -0.15) is 0 Å². The van der Waals surface area contributed by atoms with Gasteiger partial charge in [0.25, 0.3) is 0 Å². The normalized spacial score (nSPS) is 10.5. The van der Waals surface area contributed by atoms with E-state index in [0.717, 1.165) is 5.56 Å². The number of rotatable bonds is 3. The molecule has 98 valence electrons. The number of benzene rings is 1. The van der Waals surface area contributed by atoms with Crippen LogP contribution in [0, 0.1) is 6.92 Å². The van der Waals surface area contributed by atoms with E-state index in [-0.39, 0.29) is 5.78 Å². The Hall–Kier alpha value is -1.39. The van der Waals surface area contributed by atoms with Gasteiger partial charge in [0, 0.05) is 5.56 Å². The van der Waals surface area contributed by atoms with E-state index in [1.54, 1.807) is 6.07 Å². The number of nitrogens with zero attached hydrogens (tertiary/aromatic N) is 2. The molecule has 2 rings (SSSR count). The number of hydrogen-bond acceptors (Lipinski definition) is 4. The first-order valence-corrected chi connectivity index (χ1v) is 7.33. The molecule has 0 bridgehead atoms. The molecular formula is C14H13ClN2OS. The van der Waals surface area contributed by atoms with Gasteiger partial charge in [-0.3, -0.25) is 4.79 Å². The number of carbonyl (C=O) groups excluding carboxylic acids is 1. The Kier molecular flexibility index (Phi) is 4.22. The molecule has 0 radical (unpaired) electrons. The summed E-state index contributed by atoms with van der Waals surface area (Å²) < 4.78 is 0. The van der Waals surface area contributed by atoms with Gasteiger partial charge in [0.1, 0.15) is 5.03 Å². The van der Waals surface area contributed by atoms with Gasteiger partial charge in [-0.05, 0) is 32.2 Å². The molecule has 0 N–H and O–H groups in total. The van der Waals surface area contributed by atoms with Crippen LogP contribution >= 0.6 is 23.4 Å². The Balaban J connectivity index is 2.65. The first-order valence-electron chi connectivity index (χ1n) is 5.73. The van der Waals surface area contributed by atoms with Crippen LogP contribution in [0.4, 0.5) is 0 Å². The fraction of sp³-hybridized carbons (Fsp3) is 0.214. The number of aryl methyl sites for hydroxylation is 1. The molecular weight excluding hydrogens is 280 g/mol. The molecule has 0 spiro atoms. The van der Waals surface area contributed by atoms with Crippen LogP contribution in [0.25, 0.3) is 11.4 Å². The van der Waals surface area contributed by atoms with Crippen molar-refractivity contribution in [3.05, 3.63) is 40.5 Å². The maximum Gasteiger partial charge on any atom is 0.164 e. The zero-order valence-electron chi connectivity index (χ0n) is 10.9. The highest BCUT2D eigenvalue weighted by Crippen LogP contribution is 2.28. The average molecular weight is 293 g/mol. The molecule has 0 atom stereocenters. The van der Waals surface area contributed by atoms with E-state index >= 15 is 0 Å². The van der Waals surface area contributed by atoms with E-state index in [4.69, 9.17) is 11.6 Å². The summed E-state index contributed by atoms with van der Waals surface area (Å²) in [5.74, 6) is 0.532. The van der Waals surface area contributed by atoms with Gasteiger partial charge in [-0.15, -0.1) is 11.8 Å². The minimum absolute atomic E-state index is 0.0208. The Morgan fingerprint density at radius 1 is 1.26 bits per heavy atom. The molecule has 3 nitrogen and oxygen atoms in total. The number of thioether (sulfide) groups is 1. The summed E-state index contributed by atoms with van der Waals surface area (Å²) in [6.07, 6.45) is 1.89. The highest BCUT2D eigenvalue weighted by molar-refractivity contribution is 7.98. The minimum atomic E-state index is -0.0208. The van der Waals surface area contributed by atoms with Crippen LogP contribution in [0.1, 0.15) is 23.0 Å². The van der Waals surface area contributed by atoms with E-state index < -0.39 is 0 Å². The Morgan fingerprint density at radius 3 is 2.53 bits per heavy atom. The maximum atomic E-state index is 11.6. The van der Waals surface area contributed by atoms with Gasteiger partial charge in [0.15, 0.2) is 11.6 Å². The van der Waals surface area contributed by atoms with Crippen molar-refractivity contribution in [3.63, 3.8) is 0 Å². The zero-order chi connectivity index (χ0) is 14.0. The van der Waals surface area contributed by atoms with E-state index in [1.165, 1.54) is 18.7 Å². The summed E-state index contributed by atoms with van der Waals surface area (Å²) >= 11 is 7.59. The first-order chi connectivity index (χ1) is 9.04. The fourth-order valence-electron chi connectivity index (χ4n) is 1.86. The van der Waals surface area contributed by atoms with Crippen molar-refractivity contribution in [1.29, 1.82) is 0 Å². The smallest absolute Gasteiger partial charge is 0.164 e. The third-order valence-corrected chi connectivity index (χ3v) is 3.73. The fourth-order valence-corrected chi connectivity index (χ4v) is 2.76. The summed E-state index contributed by atoms with van der Waals surface area (Å²) in [7, 11) is 0. The lowest BCUT2D eigenvalue weighted by Gasteiger charge is -2.10. The number of aromatic nitrogens is 2. The van der Waals surface area contributed by atoms with Gasteiger partial charge in [0.2, 0.25) is 0 Å². The van der Waals surface area contributed by atoms with Crippen molar-refractivity contribution in [2.45, 2.75) is 18.9 Å². The molecule has 5 heteroatoms. The second kappa shape index (κ2) is 5.72. The lowest BCUT2D eigenvalue weighted by molar-refractivity contribution is 0.101. The van der Waals surface area contributed by atoms with Crippen molar-refractivity contribution < 1.29 is 4.79 Å². The van der Waals surface area contributed by atoms with Crippen molar-refractivity contribution in [2.24, 2.45) is 0 Å². The molecule has 1 heterocycles. The lowest BCUT2D eigenvalue weighted by atomic mass is 10.1. The summed E-state index contributed by atoms with van der Waals surface area (Å²) in [6.45, 7) is 3.35. The monoisotopic (exact) mass is 292 g/mol. The van der Waals surface area contributed by atoms with Crippen LogP contribution in [-0.2, 0) is 0 Å². The molecule has 0 saturated carbocycles. The Labute approximate surface area is 121 Å². The standard InChI is InChI=1S/C14H13ClN2OS/c1-8-12(9(2)18)14(19-3)17-13(16-8)10-6-4-5-7-11(10)15/h4-7H,1-3H3. The van der Waals surface area contributed by atoms with E-state index in [1.807, 2.05) is 31.4 Å². The molecule has 1 aromatic carbocycles. The van der Waals surface area contributed by atoms with E-state index in [9.17, 15) is 4.79 Å². The highest BCUT2D eigenvalue weighted by atomic mass is 35.5. The predicted octanol–water partition coefficient (Wildman–Crippen LogP) is 4.03. The molecule has 1 aromatic heterocycles. The lowest BCUT2D eigenvalue weighted by Crippen LogP contribution is -2.06. The van der Waals surface area contributed by atoms with Crippen LogP contribution in [0.3, 0.4) is 0 Å². The molecule has 0 fully saturated rings. The summed E-state index contributed by atoms with van der Waals surface area (Å²) in [5, 5.41) is 1.29. The van der Waals surface area contributed by atoms with Gasteiger partial charge in [-0.1, -0.05) is 23.7 Å². The van der Waals surface area contributed by atoms with Crippen molar-refractivity contribution in [3.8, 4) is 11.4 Å².